The Labute approximate surface area is 156 Å². The van der Waals surface area contributed by atoms with Gasteiger partial charge in [0, 0.05) is 18.0 Å². The second-order valence-electron chi connectivity index (χ2n) is 6.41. The fourth-order valence-electron chi connectivity index (χ4n) is 2.96. The third-order valence-electron chi connectivity index (χ3n) is 4.30. The molecule has 3 aromatic rings. The molecule has 2 aromatic heterocycles. The Bertz CT molecular complexity index is 944. The van der Waals surface area contributed by atoms with Crippen molar-refractivity contribution in [2.75, 3.05) is 12.4 Å². The number of carbonyl (C=O) groups excluding carboxylic acids is 1. The van der Waals surface area contributed by atoms with Gasteiger partial charge in [-0.2, -0.15) is 0 Å². The van der Waals surface area contributed by atoms with Crippen LogP contribution in [0.4, 0.5) is 11.5 Å². The summed E-state index contributed by atoms with van der Waals surface area (Å²) >= 11 is 0. The van der Waals surface area contributed by atoms with Crippen molar-refractivity contribution in [3.63, 3.8) is 0 Å². The molecule has 0 saturated carbocycles. The second-order valence-corrected chi connectivity index (χ2v) is 6.41. The summed E-state index contributed by atoms with van der Waals surface area (Å²) in [6.45, 7) is 3.86. The minimum absolute atomic E-state index is 0.0443. The lowest BCUT2D eigenvalue weighted by Gasteiger charge is -2.19. The molecule has 3 N–H and O–H groups in total. The Morgan fingerprint density at radius 3 is 2.52 bits per heavy atom. The predicted octanol–water partition coefficient (Wildman–Crippen LogP) is 3.02. The maximum Gasteiger partial charge on any atom is 0.251 e. The second kappa shape index (κ2) is 7.96. The van der Waals surface area contributed by atoms with Gasteiger partial charge in [0.2, 0.25) is 5.88 Å². The van der Waals surface area contributed by atoms with Crippen molar-refractivity contribution in [2.24, 2.45) is 5.92 Å². The van der Waals surface area contributed by atoms with Gasteiger partial charge in [0.05, 0.1) is 23.9 Å². The van der Waals surface area contributed by atoms with Crippen LogP contribution in [0.25, 0.3) is 10.9 Å². The summed E-state index contributed by atoms with van der Waals surface area (Å²) in [7, 11) is 1.55. The van der Waals surface area contributed by atoms with E-state index in [1.165, 1.54) is 6.33 Å². The van der Waals surface area contributed by atoms with Crippen LogP contribution in [0, 0.1) is 5.92 Å². The minimum atomic E-state index is -0.430. The van der Waals surface area contributed by atoms with E-state index in [1.807, 2.05) is 38.1 Å². The summed E-state index contributed by atoms with van der Waals surface area (Å²) < 4.78 is 5.12. The first-order valence-corrected chi connectivity index (χ1v) is 8.49. The van der Waals surface area contributed by atoms with Gasteiger partial charge in [0.25, 0.3) is 5.91 Å². The average Bonchev–Trinajstić information content (AvgIpc) is 2.68. The molecule has 0 aliphatic heterocycles. The van der Waals surface area contributed by atoms with Gasteiger partial charge in [-0.15, -0.1) is 0 Å². The lowest BCUT2D eigenvalue weighted by atomic mass is 9.88. The van der Waals surface area contributed by atoms with Crippen LogP contribution < -0.4 is 15.5 Å². The van der Waals surface area contributed by atoms with Gasteiger partial charge in [-0.3, -0.25) is 10.0 Å². The number of rotatable bonds is 6. The average molecular weight is 367 g/mol. The highest BCUT2D eigenvalue weighted by Crippen LogP contribution is 2.28. The standard InChI is InChI=1S/C19H21N5O3/c1-11(2)17(19(25)24-26)12-4-6-13(7-5-12)23-18-14-9-20-16(27-3)8-15(14)21-10-22-18/h4-11,17,26H,1-3H3,(H,24,25)(H,21,22,23). The summed E-state index contributed by atoms with van der Waals surface area (Å²) in [4.78, 5) is 24.6. The minimum Gasteiger partial charge on any atom is -0.481 e. The highest BCUT2D eigenvalue weighted by Gasteiger charge is 2.23. The molecule has 27 heavy (non-hydrogen) atoms. The number of anilines is 2. The van der Waals surface area contributed by atoms with E-state index in [4.69, 9.17) is 9.94 Å². The van der Waals surface area contributed by atoms with Crippen molar-refractivity contribution in [1.82, 2.24) is 20.4 Å². The summed E-state index contributed by atoms with van der Waals surface area (Å²) in [5.74, 6) is 0.297. The molecule has 3 rings (SSSR count). The van der Waals surface area contributed by atoms with E-state index in [0.29, 0.717) is 11.7 Å². The number of benzene rings is 1. The third-order valence-corrected chi connectivity index (χ3v) is 4.30. The third kappa shape index (κ3) is 3.95. The molecule has 0 saturated heterocycles. The highest BCUT2D eigenvalue weighted by molar-refractivity contribution is 5.90. The van der Waals surface area contributed by atoms with Gasteiger partial charge in [0.15, 0.2) is 0 Å². The Kier molecular flexibility index (Phi) is 5.46. The van der Waals surface area contributed by atoms with Gasteiger partial charge in [-0.05, 0) is 23.6 Å². The molecule has 1 unspecified atom stereocenters. The van der Waals surface area contributed by atoms with E-state index in [0.717, 1.165) is 22.2 Å². The van der Waals surface area contributed by atoms with E-state index in [-0.39, 0.29) is 5.92 Å². The van der Waals surface area contributed by atoms with Gasteiger partial charge in [-0.25, -0.2) is 20.4 Å². The van der Waals surface area contributed by atoms with E-state index in [9.17, 15) is 4.79 Å². The van der Waals surface area contributed by atoms with Crippen LogP contribution in [0.5, 0.6) is 5.88 Å². The quantitative estimate of drug-likeness (QED) is 0.454. The first kappa shape index (κ1) is 18.5. The first-order chi connectivity index (χ1) is 13.0. The molecule has 8 heteroatoms. The number of aromatic nitrogens is 3. The largest absolute Gasteiger partial charge is 0.481 e. The maximum absolute atomic E-state index is 11.9. The number of hydrogen-bond donors (Lipinski definition) is 3. The lowest BCUT2D eigenvalue weighted by molar-refractivity contribution is -0.131. The number of hydroxylamine groups is 1. The monoisotopic (exact) mass is 367 g/mol. The molecular formula is C19H21N5O3. The van der Waals surface area contributed by atoms with Gasteiger partial charge in [0.1, 0.15) is 12.1 Å². The number of hydrogen-bond acceptors (Lipinski definition) is 7. The Balaban J connectivity index is 1.87. The van der Waals surface area contributed by atoms with Crippen molar-refractivity contribution in [3.8, 4) is 5.88 Å². The smallest absolute Gasteiger partial charge is 0.251 e. The Hall–Kier alpha value is -3.26. The fraction of sp³-hybridized carbons (Fsp3) is 0.263. The zero-order valence-corrected chi connectivity index (χ0v) is 15.3. The van der Waals surface area contributed by atoms with Crippen molar-refractivity contribution < 1.29 is 14.7 Å². The molecule has 1 aromatic carbocycles. The molecule has 0 aliphatic carbocycles. The van der Waals surface area contributed by atoms with Crippen LogP contribution >= 0.6 is 0 Å². The molecule has 140 valence electrons. The Morgan fingerprint density at radius 1 is 1.15 bits per heavy atom. The molecule has 0 fully saturated rings. The summed E-state index contributed by atoms with van der Waals surface area (Å²) in [6.07, 6.45) is 3.13. The van der Waals surface area contributed by atoms with Crippen LogP contribution in [-0.2, 0) is 4.79 Å². The van der Waals surface area contributed by atoms with Crippen LogP contribution in [0.15, 0.2) is 42.9 Å². The molecule has 0 aliphatic rings. The number of nitrogens with one attached hydrogen (secondary N) is 2. The molecule has 1 amide bonds. The predicted molar refractivity (Wildman–Crippen MR) is 101 cm³/mol. The molecule has 0 bridgehead atoms. The number of nitrogens with zero attached hydrogens (tertiary/aromatic N) is 3. The molecule has 8 nitrogen and oxygen atoms in total. The molecule has 2 heterocycles. The van der Waals surface area contributed by atoms with Gasteiger partial charge >= 0.3 is 0 Å². The molecular weight excluding hydrogens is 346 g/mol. The topological polar surface area (TPSA) is 109 Å². The van der Waals surface area contributed by atoms with Crippen molar-refractivity contribution in [2.45, 2.75) is 19.8 Å². The number of carbonyl (C=O) groups is 1. The van der Waals surface area contributed by atoms with Gasteiger partial charge < -0.3 is 10.1 Å². The van der Waals surface area contributed by atoms with Crippen molar-refractivity contribution in [1.29, 1.82) is 0 Å². The van der Waals surface area contributed by atoms with Crippen molar-refractivity contribution in [3.05, 3.63) is 48.4 Å². The number of pyridine rings is 1. The molecule has 1 atom stereocenters. The highest BCUT2D eigenvalue weighted by atomic mass is 16.5. The fourth-order valence-corrected chi connectivity index (χ4v) is 2.96. The Morgan fingerprint density at radius 2 is 1.89 bits per heavy atom. The van der Waals surface area contributed by atoms with E-state index in [2.05, 4.69) is 20.3 Å². The number of fused-ring (bicyclic) bond motifs is 1. The van der Waals surface area contributed by atoms with E-state index in [1.54, 1.807) is 24.9 Å². The van der Waals surface area contributed by atoms with E-state index < -0.39 is 11.8 Å². The number of ether oxygens (including phenoxy) is 1. The SMILES string of the molecule is COc1cc2ncnc(Nc3ccc(C(C(=O)NO)C(C)C)cc3)c2cn1. The van der Waals surface area contributed by atoms with Crippen LogP contribution in [-0.4, -0.2) is 33.2 Å². The molecule has 0 spiro atoms. The first-order valence-electron chi connectivity index (χ1n) is 8.49. The number of methoxy groups -OCH3 is 1. The van der Waals surface area contributed by atoms with Gasteiger partial charge in [-0.1, -0.05) is 26.0 Å². The zero-order valence-electron chi connectivity index (χ0n) is 15.3. The lowest BCUT2D eigenvalue weighted by Crippen LogP contribution is -2.29. The van der Waals surface area contributed by atoms with Crippen LogP contribution in [0.3, 0.4) is 0 Å². The van der Waals surface area contributed by atoms with Crippen LogP contribution in [0.2, 0.25) is 0 Å². The summed E-state index contributed by atoms with van der Waals surface area (Å²) in [5, 5.41) is 13.0. The maximum atomic E-state index is 11.9. The van der Waals surface area contributed by atoms with Crippen molar-refractivity contribution >= 4 is 28.3 Å². The number of amides is 1. The normalized spacial score (nSPS) is 12.0. The van der Waals surface area contributed by atoms with Crippen LogP contribution in [0.1, 0.15) is 25.3 Å². The zero-order chi connectivity index (χ0) is 19.4. The summed E-state index contributed by atoms with van der Waals surface area (Å²) in [6, 6.07) is 9.17. The summed E-state index contributed by atoms with van der Waals surface area (Å²) in [5.41, 5.74) is 4.09. The molecule has 0 radical (unpaired) electrons. The van der Waals surface area contributed by atoms with E-state index >= 15 is 0 Å².